The first kappa shape index (κ1) is 14.2. The molecule has 0 unspecified atom stereocenters. The molecule has 17 heavy (non-hydrogen) atoms. The first-order valence-electron chi connectivity index (χ1n) is 5.35. The molecule has 96 valence electrons. The molecule has 0 fully saturated rings. The van der Waals surface area contributed by atoms with Gasteiger partial charge < -0.3 is 18.0 Å². The fraction of sp³-hybridized carbons (Fsp3) is 0.500. The first-order chi connectivity index (χ1) is 8.04. The standard InChI is InChI=1S/C12H20O4Si/c1-9-7-11(13-3)8-12(10(9)2)17(14-4,15-5)16-6/h7-8H,1-6H3. The largest absolute Gasteiger partial charge is 0.536 e. The summed E-state index contributed by atoms with van der Waals surface area (Å²) in [6, 6.07) is 3.91. The Kier molecular flexibility index (Phi) is 4.70. The SMILES string of the molecule is COc1cc(C)c(C)c([Si](OC)(OC)OC)c1. The zero-order valence-electron chi connectivity index (χ0n) is 11.3. The average molecular weight is 256 g/mol. The summed E-state index contributed by atoms with van der Waals surface area (Å²) < 4.78 is 21.8. The fourth-order valence-electron chi connectivity index (χ4n) is 1.84. The minimum atomic E-state index is -2.80. The van der Waals surface area contributed by atoms with Gasteiger partial charge in [-0.2, -0.15) is 0 Å². The molecule has 0 aromatic heterocycles. The lowest BCUT2D eigenvalue weighted by atomic mass is 10.1. The Morgan fingerprint density at radius 3 is 1.82 bits per heavy atom. The molecule has 1 aromatic rings. The van der Waals surface area contributed by atoms with E-state index in [9.17, 15) is 0 Å². The summed E-state index contributed by atoms with van der Waals surface area (Å²) in [7, 11) is 3.66. The molecule has 0 amide bonds. The quantitative estimate of drug-likeness (QED) is 0.746. The van der Waals surface area contributed by atoms with Crippen molar-refractivity contribution in [3.8, 4) is 5.75 Å². The molecule has 0 atom stereocenters. The Labute approximate surface area is 104 Å². The van der Waals surface area contributed by atoms with Crippen molar-refractivity contribution >= 4 is 14.0 Å². The lowest BCUT2D eigenvalue weighted by Crippen LogP contribution is -2.55. The number of methoxy groups -OCH3 is 1. The van der Waals surface area contributed by atoms with Gasteiger partial charge in [-0.05, 0) is 37.1 Å². The van der Waals surface area contributed by atoms with Crippen LogP contribution < -0.4 is 9.92 Å². The van der Waals surface area contributed by atoms with Gasteiger partial charge in [-0.15, -0.1) is 0 Å². The number of rotatable bonds is 5. The van der Waals surface area contributed by atoms with E-state index in [2.05, 4.69) is 0 Å². The van der Waals surface area contributed by atoms with Gasteiger partial charge in [-0.1, -0.05) is 0 Å². The van der Waals surface area contributed by atoms with Crippen molar-refractivity contribution in [3.05, 3.63) is 23.3 Å². The van der Waals surface area contributed by atoms with Crippen LogP contribution in [0.2, 0.25) is 0 Å². The van der Waals surface area contributed by atoms with Crippen molar-refractivity contribution in [2.24, 2.45) is 0 Å². The third kappa shape index (κ3) is 2.52. The van der Waals surface area contributed by atoms with E-state index in [-0.39, 0.29) is 0 Å². The number of hydrogen-bond donors (Lipinski definition) is 0. The molecule has 0 aliphatic rings. The lowest BCUT2D eigenvalue weighted by Gasteiger charge is -2.27. The van der Waals surface area contributed by atoms with E-state index in [0.29, 0.717) is 0 Å². The topological polar surface area (TPSA) is 36.9 Å². The van der Waals surface area contributed by atoms with Crippen LogP contribution in [0.25, 0.3) is 0 Å². The van der Waals surface area contributed by atoms with Gasteiger partial charge >= 0.3 is 8.80 Å². The maximum atomic E-state index is 5.50. The zero-order valence-corrected chi connectivity index (χ0v) is 12.3. The van der Waals surface area contributed by atoms with Gasteiger partial charge in [0.2, 0.25) is 0 Å². The van der Waals surface area contributed by atoms with Crippen molar-refractivity contribution in [2.45, 2.75) is 13.8 Å². The molecule has 0 radical (unpaired) electrons. The van der Waals surface area contributed by atoms with Crippen LogP contribution in [0.15, 0.2) is 12.1 Å². The number of benzene rings is 1. The van der Waals surface area contributed by atoms with Crippen LogP contribution in [-0.2, 0) is 13.3 Å². The van der Waals surface area contributed by atoms with Gasteiger partial charge in [0.05, 0.1) is 7.11 Å². The number of hydrogen-bond acceptors (Lipinski definition) is 4. The number of ether oxygens (including phenoxy) is 1. The monoisotopic (exact) mass is 256 g/mol. The Bertz CT molecular complexity index is 380. The molecule has 0 heterocycles. The normalized spacial score (nSPS) is 11.6. The highest BCUT2D eigenvalue weighted by atomic mass is 28.4. The second-order valence-electron chi connectivity index (χ2n) is 3.79. The Hall–Kier alpha value is -0.883. The highest BCUT2D eigenvalue weighted by Crippen LogP contribution is 2.19. The van der Waals surface area contributed by atoms with E-state index in [1.54, 1.807) is 28.4 Å². The molecular weight excluding hydrogens is 236 g/mol. The summed E-state index contributed by atoms with van der Waals surface area (Å²) in [6.45, 7) is 4.06. The van der Waals surface area contributed by atoms with Crippen molar-refractivity contribution in [2.75, 3.05) is 28.4 Å². The minimum absolute atomic E-state index is 0.783. The second kappa shape index (κ2) is 5.64. The van der Waals surface area contributed by atoms with Crippen LogP contribution in [-0.4, -0.2) is 37.2 Å². The molecule has 1 rings (SSSR count). The Balaban J connectivity index is 3.41. The first-order valence-corrected chi connectivity index (χ1v) is 7.08. The maximum absolute atomic E-state index is 5.50. The van der Waals surface area contributed by atoms with Crippen LogP contribution in [0.1, 0.15) is 11.1 Å². The molecule has 0 spiro atoms. The van der Waals surface area contributed by atoms with Crippen LogP contribution in [0.5, 0.6) is 5.75 Å². The molecule has 0 saturated carbocycles. The van der Waals surface area contributed by atoms with Crippen LogP contribution in [0.4, 0.5) is 0 Å². The van der Waals surface area contributed by atoms with Crippen LogP contribution in [0.3, 0.4) is 0 Å². The molecule has 0 aliphatic heterocycles. The summed E-state index contributed by atoms with van der Waals surface area (Å²) in [6.07, 6.45) is 0. The fourth-order valence-corrected chi connectivity index (χ4v) is 3.98. The van der Waals surface area contributed by atoms with Gasteiger partial charge in [-0.3, -0.25) is 0 Å². The lowest BCUT2D eigenvalue weighted by molar-refractivity contribution is 0.140. The summed E-state index contributed by atoms with van der Waals surface area (Å²) in [5.74, 6) is 0.783. The summed E-state index contributed by atoms with van der Waals surface area (Å²) >= 11 is 0. The maximum Gasteiger partial charge on any atom is 0.536 e. The van der Waals surface area contributed by atoms with Crippen LogP contribution >= 0.6 is 0 Å². The van der Waals surface area contributed by atoms with Gasteiger partial charge in [-0.25, -0.2) is 0 Å². The van der Waals surface area contributed by atoms with E-state index in [0.717, 1.165) is 22.1 Å². The van der Waals surface area contributed by atoms with Crippen molar-refractivity contribution in [3.63, 3.8) is 0 Å². The molecule has 5 heteroatoms. The third-order valence-electron chi connectivity index (χ3n) is 3.01. The average Bonchev–Trinajstić information content (AvgIpc) is 2.36. The molecule has 0 N–H and O–H groups in total. The van der Waals surface area contributed by atoms with Gasteiger partial charge in [0, 0.05) is 26.5 Å². The molecular formula is C12H20O4Si. The summed E-state index contributed by atoms with van der Waals surface area (Å²) in [5.41, 5.74) is 2.24. The van der Waals surface area contributed by atoms with Gasteiger partial charge in [0.15, 0.2) is 0 Å². The number of aryl methyl sites for hydroxylation is 1. The van der Waals surface area contributed by atoms with E-state index >= 15 is 0 Å². The van der Waals surface area contributed by atoms with Crippen molar-refractivity contribution in [1.29, 1.82) is 0 Å². The van der Waals surface area contributed by atoms with Crippen molar-refractivity contribution < 1.29 is 18.0 Å². The van der Waals surface area contributed by atoms with Crippen LogP contribution in [0, 0.1) is 13.8 Å². The van der Waals surface area contributed by atoms with Gasteiger partial charge in [0.1, 0.15) is 5.75 Å². The molecule has 0 aliphatic carbocycles. The molecule has 1 aromatic carbocycles. The zero-order chi connectivity index (χ0) is 13.1. The van der Waals surface area contributed by atoms with E-state index in [1.165, 1.54) is 0 Å². The predicted molar refractivity (Wildman–Crippen MR) is 68.9 cm³/mol. The predicted octanol–water partition coefficient (Wildman–Crippen LogP) is 1.40. The highest BCUT2D eigenvalue weighted by molar-refractivity contribution is 6.75. The smallest absolute Gasteiger partial charge is 0.497 e. The van der Waals surface area contributed by atoms with Crippen molar-refractivity contribution in [1.82, 2.24) is 0 Å². The summed E-state index contributed by atoms with van der Waals surface area (Å²) in [5, 5.41) is 0.946. The van der Waals surface area contributed by atoms with E-state index in [4.69, 9.17) is 18.0 Å². The second-order valence-corrected chi connectivity index (χ2v) is 6.66. The van der Waals surface area contributed by atoms with E-state index in [1.807, 2.05) is 26.0 Å². The highest BCUT2D eigenvalue weighted by Gasteiger charge is 2.42. The molecule has 0 saturated heterocycles. The Morgan fingerprint density at radius 1 is 0.882 bits per heavy atom. The Morgan fingerprint density at radius 2 is 1.41 bits per heavy atom. The third-order valence-corrected chi connectivity index (χ3v) is 5.80. The minimum Gasteiger partial charge on any atom is -0.497 e. The van der Waals surface area contributed by atoms with E-state index < -0.39 is 8.80 Å². The molecule has 4 nitrogen and oxygen atoms in total. The molecule has 0 bridgehead atoms. The van der Waals surface area contributed by atoms with Gasteiger partial charge in [0.25, 0.3) is 0 Å². The summed E-state index contributed by atoms with van der Waals surface area (Å²) in [4.78, 5) is 0.